The fourth-order valence-corrected chi connectivity index (χ4v) is 2.73. The van der Waals surface area contributed by atoms with E-state index >= 15 is 0 Å². The van der Waals surface area contributed by atoms with E-state index < -0.39 is 0 Å². The van der Waals surface area contributed by atoms with E-state index in [9.17, 15) is 0 Å². The summed E-state index contributed by atoms with van der Waals surface area (Å²) in [5.74, 6) is 0.919. The van der Waals surface area contributed by atoms with Crippen LogP contribution in [0.4, 0.5) is 0 Å². The Morgan fingerprint density at radius 3 is 3.18 bits per heavy atom. The van der Waals surface area contributed by atoms with Gasteiger partial charge in [0.25, 0.3) is 0 Å². The molecule has 90 valence electrons. The van der Waals surface area contributed by atoms with Gasteiger partial charge in [0.1, 0.15) is 5.82 Å². The highest BCUT2D eigenvalue weighted by atomic mass is 35.5. The Morgan fingerprint density at radius 2 is 2.47 bits per heavy atom. The number of thiophene rings is 1. The molecule has 1 unspecified atom stereocenters. The van der Waals surface area contributed by atoms with Gasteiger partial charge in [0.2, 0.25) is 0 Å². The number of rotatable bonds is 2. The maximum atomic E-state index is 5.92. The van der Waals surface area contributed by atoms with Gasteiger partial charge < -0.3 is 15.0 Å². The highest BCUT2D eigenvalue weighted by molar-refractivity contribution is 7.14. The van der Waals surface area contributed by atoms with Gasteiger partial charge in [-0.15, -0.1) is 11.3 Å². The summed E-state index contributed by atoms with van der Waals surface area (Å²) in [5, 5.41) is 5.38. The van der Waals surface area contributed by atoms with Crippen molar-refractivity contribution in [3.05, 3.63) is 27.8 Å². The predicted octanol–water partition coefficient (Wildman–Crippen LogP) is 2.45. The normalized spacial score (nSPS) is 20.6. The summed E-state index contributed by atoms with van der Waals surface area (Å²) < 4.78 is 6.20. The molecule has 6 heteroatoms. The second kappa shape index (κ2) is 4.78. The van der Waals surface area contributed by atoms with Crippen LogP contribution in [-0.4, -0.2) is 29.7 Å². The van der Waals surface area contributed by atoms with Gasteiger partial charge in [-0.1, -0.05) is 11.6 Å². The van der Waals surface area contributed by atoms with E-state index in [1.807, 2.05) is 17.6 Å². The molecule has 0 aliphatic carbocycles. The topological polar surface area (TPSA) is 49.9 Å². The number of hydrogen-bond donors (Lipinski definition) is 2. The van der Waals surface area contributed by atoms with Gasteiger partial charge in [-0.05, 0) is 6.07 Å². The van der Waals surface area contributed by atoms with E-state index in [-0.39, 0.29) is 6.04 Å². The van der Waals surface area contributed by atoms with Crippen molar-refractivity contribution >= 4 is 22.9 Å². The number of aromatic amines is 1. The zero-order valence-electron chi connectivity index (χ0n) is 9.07. The van der Waals surface area contributed by atoms with Crippen LogP contribution in [0.5, 0.6) is 0 Å². The predicted molar refractivity (Wildman–Crippen MR) is 68.5 cm³/mol. The lowest BCUT2D eigenvalue weighted by Gasteiger charge is -2.21. The molecule has 0 amide bonds. The second-order valence-corrected chi connectivity index (χ2v) is 5.45. The van der Waals surface area contributed by atoms with Gasteiger partial charge in [0, 0.05) is 17.5 Å². The van der Waals surface area contributed by atoms with Gasteiger partial charge >= 0.3 is 0 Å². The minimum atomic E-state index is 0.159. The molecule has 1 aliphatic rings. The molecule has 1 aliphatic heterocycles. The van der Waals surface area contributed by atoms with Gasteiger partial charge in [-0.3, -0.25) is 0 Å². The van der Waals surface area contributed by atoms with E-state index in [0.29, 0.717) is 6.61 Å². The number of hydrogen-bond acceptors (Lipinski definition) is 4. The maximum Gasteiger partial charge on any atom is 0.126 e. The maximum absolute atomic E-state index is 5.92. The summed E-state index contributed by atoms with van der Waals surface area (Å²) in [4.78, 5) is 7.70. The van der Waals surface area contributed by atoms with Crippen molar-refractivity contribution in [2.24, 2.45) is 0 Å². The highest BCUT2D eigenvalue weighted by Crippen LogP contribution is 2.28. The van der Waals surface area contributed by atoms with Crippen molar-refractivity contribution in [2.75, 3.05) is 19.8 Å². The summed E-state index contributed by atoms with van der Waals surface area (Å²) in [6.45, 7) is 2.30. The number of morpholine rings is 1. The van der Waals surface area contributed by atoms with Crippen LogP contribution >= 0.6 is 22.9 Å². The van der Waals surface area contributed by atoms with Crippen molar-refractivity contribution in [1.82, 2.24) is 15.3 Å². The lowest BCUT2D eigenvalue weighted by molar-refractivity contribution is 0.0745. The third kappa shape index (κ3) is 2.37. The molecule has 2 aromatic heterocycles. The fraction of sp³-hybridized carbons (Fsp3) is 0.364. The Morgan fingerprint density at radius 1 is 1.53 bits per heavy atom. The number of imidazole rings is 1. The van der Waals surface area contributed by atoms with Crippen LogP contribution in [0.3, 0.4) is 0 Å². The Labute approximate surface area is 108 Å². The molecular formula is C11H12ClN3OS. The number of ether oxygens (including phenoxy) is 1. The number of halogens is 1. The Kier molecular flexibility index (Phi) is 3.15. The third-order valence-corrected chi connectivity index (χ3v) is 3.82. The highest BCUT2D eigenvalue weighted by Gasteiger charge is 2.18. The first-order valence-electron chi connectivity index (χ1n) is 5.43. The van der Waals surface area contributed by atoms with Crippen molar-refractivity contribution in [3.8, 4) is 11.3 Å². The van der Waals surface area contributed by atoms with Crippen LogP contribution in [0, 0.1) is 0 Å². The Hall–Kier alpha value is -0.880. The molecule has 1 atom stereocenters. The van der Waals surface area contributed by atoms with Crippen molar-refractivity contribution in [1.29, 1.82) is 0 Å². The average Bonchev–Trinajstić information content (AvgIpc) is 2.98. The van der Waals surface area contributed by atoms with Gasteiger partial charge in [-0.2, -0.15) is 0 Å². The van der Waals surface area contributed by atoms with Gasteiger partial charge in [0.15, 0.2) is 0 Å². The van der Waals surface area contributed by atoms with E-state index in [4.69, 9.17) is 16.3 Å². The van der Waals surface area contributed by atoms with Gasteiger partial charge in [-0.25, -0.2) is 4.98 Å². The number of H-pyrrole nitrogens is 1. The molecule has 0 bridgehead atoms. The van der Waals surface area contributed by atoms with E-state index in [1.54, 1.807) is 0 Å². The molecule has 1 saturated heterocycles. The molecule has 0 radical (unpaired) electrons. The van der Waals surface area contributed by atoms with E-state index in [2.05, 4.69) is 15.3 Å². The molecule has 2 N–H and O–H groups in total. The van der Waals surface area contributed by atoms with Crippen LogP contribution in [0.25, 0.3) is 11.3 Å². The molecule has 0 aromatic carbocycles. The Balaban J connectivity index is 1.82. The summed E-state index contributed by atoms with van der Waals surface area (Å²) in [5.41, 5.74) is 2.08. The van der Waals surface area contributed by atoms with E-state index in [0.717, 1.165) is 34.6 Å². The molecule has 4 nitrogen and oxygen atoms in total. The first-order valence-corrected chi connectivity index (χ1v) is 6.69. The lowest BCUT2D eigenvalue weighted by atomic mass is 10.2. The van der Waals surface area contributed by atoms with E-state index in [1.165, 1.54) is 11.3 Å². The summed E-state index contributed by atoms with van der Waals surface area (Å²) >= 11 is 7.44. The van der Waals surface area contributed by atoms with Crippen molar-refractivity contribution in [3.63, 3.8) is 0 Å². The third-order valence-electron chi connectivity index (χ3n) is 2.73. The van der Waals surface area contributed by atoms with Crippen LogP contribution in [-0.2, 0) is 4.74 Å². The zero-order valence-corrected chi connectivity index (χ0v) is 10.6. The van der Waals surface area contributed by atoms with Crippen LogP contribution in [0.2, 0.25) is 4.34 Å². The number of nitrogens with zero attached hydrogens (tertiary/aromatic N) is 1. The fourth-order valence-electron chi connectivity index (χ4n) is 1.85. The first kappa shape index (κ1) is 11.2. The first-order chi connectivity index (χ1) is 8.33. The quantitative estimate of drug-likeness (QED) is 0.881. The number of nitrogens with one attached hydrogen (secondary N) is 2. The minimum absolute atomic E-state index is 0.159. The lowest BCUT2D eigenvalue weighted by Crippen LogP contribution is -2.35. The van der Waals surface area contributed by atoms with Crippen LogP contribution in [0.1, 0.15) is 11.9 Å². The molecule has 0 saturated carbocycles. The molecule has 17 heavy (non-hydrogen) atoms. The number of aromatic nitrogens is 2. The smallest absolute Gasteiger partial charge is 0.126 e. The monoisotopic (exact) mass is 269 g/mol. The summed E-state index contributed by atoms with van der Waals surface area (Å²) in [6, 6.07) is 2.10. The summed E-state index contributed by atoms with van der Waals surface area (Å²) in [6.07, 6.45) is 1.84. The van der Waals surface area contributed by atoms with Crippen LogP contribution < -0.4 is 5.32 Å². The van der Waals surface area contributed by atoms with Gasteiger partial charge in [0.05, 0.1) is 35.5 Å². The minimum Gasteiger partial charge on any atom is -0.378 e. The second-order valence-electron chi connectivity index (χ2n) is 3.90. The SMILES string of the molecule is Clc1cc(-c2cnc(C3COCCN3)[nH]2)cs1. The van der Waals surface area contributed by atoms with Crippen molar-refractivity contribution < 1.29 is 4.74 Å². The Bertz CT molecular complexity index is 504. The summed E-state index contributed by atoms with van der Waals surface area (Å²) in [7, 11) is 0. The standard InChI is InChI=1S/C11H12ClN3OS/c12-10-3-7(6-17-10)8-4-14-11(15-8)9-5-16-2-1-13-9/h3-4,6,9,13H,1-2,5H2,(H,14,15). The molecule has 1 fully saturated rings. The largest absolute Gasteiger partial charge is 0.378 e. The molecule has 0 spiro atoms. The molecule has 3 heterocycles. The average molecular weight is 270 g/mol. The molecule has 2 aromatic rings. The van der Waals surface area contributed by atoms with Crippen LogP contribution in [0.15, 0.2) is 17.6 Å². The molecule has 3 rings (SSSR count). The molecular weight excluding hydrogens is 258 g/mol. The van der Waals surface area contributed by atoms with Crippen molar-refractivity contribution in [2.45, 2.75) is 6.04 Å². The zero-order chi connectivity index (χ0) is 11.7.